The molecular weight excluding hydrogens is 284 g/mol. The van der Waals surface area contributed by atoms with E-state index >= 15 is 0 Å². The van der Waals surface area contributed by atoms with Gasteiger partial charge in [0.15, 0.2) is 5.78 Å². The summed E-state index contributed by atoms with van der Waals surface area (Å²) in [6.07, 6.45) is 0.871. The van der Waals surface area contributed by atoms with Crippen LogP contribution >= 0.6 is 11.8 Å². The molecule has 0 aliphatic rings. The van der Waals surface area contributed by atoms with Gasteiger partial charge in [-0.15, -0.1) is 11.8 Å². The molecule has 0 aromatic heterocycles. The summed E-state index contributed by atoms with van der Waals surface area (Å²) in [7, 11) is 0. The molecule has 4 nitrogen and oxygen atoms in total. The van der Waals surface area contributed by atoms with Crippen LogP contribution in [0.1, 0.15) is 30.6 Å². The number of carbonyl (C=O) groups excluding carboxylic acids is 2. The van der Waals surface area contributed by atoms with Gasteiger partial charge in [0.1, 0.15) is 0 Å². The molecule has 1 amide bonds. The summed E-state index contributed by atoms with van der Waals surface area (Å²) in [5.41, 5.74) is 6.33. The van der Waals surface area contributed by atoms with Crippen molar-refractivity contribution in [1.82, 2.24) is 5.32 Å². The molecule has 1 unspecified atom stereocenters. The summed E-state index contributed by atoms with van der Waals surface area (Å²) in [5.74, 6) is 1.08. The molecule has 0 radical (unpaired) electrons. The zero-order chi connectivity index (χ0) is 15.7. The number of amides is 1. The zero-order valence-electron chi connectivity index (χ0n) is 12.7. The highest BCUT2D eigenvalue weighted by Crippen LogP contribution is 2.08. The lowest BCUT2D eigenvalue weighted by Crippen LogP contribution is -2.41. The number of thioether (sulfide) groups is 1. The average Bonchev–Trinajstić information content (AvgIpc) is 2.46. The molecule has 1 rings (SSSR count). The summed E-state index contributed by atoms with van der Waals surface area (Å²) in [4.78, 5) is 23.7. The Labute approximate surface area is 130 Å². The Morgan fingerprint density at radius 3 is 2.43 bits per heavy atom. The fourth-order valence-electron chi connectivity index (χ4n) is 2.00. The number of nitrogens with one attached hydrogen (secondary N) is 1. The van der Waals surface area contributed by atoms with Gasteiger partial charge < -0.3 is 11.1 Å². The first-order chi connectivity index (χ1) is 10.0. The van der Waals surface area contributed by atoms with Crippen molar-refractivity contribution in [3.8, 4) is 0 Å². The van der Waals surface area contributed by atoms with E-state index in [2.05, 4.69) is 19.2 Å². The summed E-state index contributed by atoms with van der Waals surface area (Å²) in [5, 5.41) is 2.92. The van der Waals surface area contributed by atoms with Gasteiger partial charge in [-0.1, -0.05) is 44.2 Å². The molecule has 0 spiro atoms. The molecule has 0 aliphatic heterocycles. The lowest BCUT2D eigenvalue weighted by molar-refractivity contribution is -0.119. The third-order valence-corrected chi connectivity index (χ3v) is 3.90. The minimum Gasteiger partial charge on any atom is -0.351 e. The second kappa shape index (κ2) is 9.58. The van der Waals surface area contributed by atoms with Crippen molar-refractivity contribution in [2.75, 3.05) is 18.1 Å². The van der Waals surface area contributed by atoms with Crippen LogP contribution in [0.25, 0.3) is 0 Å². The minimum atomic E-state index is -0.0584. The van der Waals surface area contributed by atoms with Gasteiger partial charge in [-0.2, -0.15) is 0 Å². The lowest BCUT2D eigenvalue weighted by Gasteiger charge is -2.18. The summed E-state index contributed by atoms with van der Waals surface area (Å²) >= 11 is 1.33. The maximum Gasteiger partial charge on any atom is 0.230 e. The third-order valence-electron chi connectivity index (χ3n) is 2.97. The minimum absolute atomic E-state index is 0.0166. The SMILES string of the molecule is CC(C)CC(CN)NC(=O)CSCC(=O)c1ccccc1. The van der Waals surface area contributed by atoms with Crippen molar-refractivity contribution >= 4 is 23.5 Å². The third kappa shape index (κ3) is 7.29. The normalized spacial score (nSPS) is 12.2. The topological polar surface area (TPSA) is 72.2 Å². The van der Waals surface area contributed by atoms with Gasteiger partial charge in [0.05, 0.1) is 11.5 Å². The Bertz CT molecular complexity index is 449. The van der Waals surface area contributed by atoms with Gasteiger partial charge in [-0.3, -0.25) is 9.59 Å². The van der Waals surface area contributed by atoms with E-state index in [1.165, 1.54) is 11.8 Å². The standard InChI is InChI=1S/C16H24N2O2S/c1-12(2)8-14(9-17)18-16(20)11-21-10-15(19)13-6-4-3-5-7-13/h3-7,12,14H,8-11,17H2,1-2H3,(H,18,20). The highest BCUT2D eigenvalue weighted by molar-refractivity contribution is 8.00. The Morgan fingerprint density at radius 2 is 1.86 bits per heavy atom. The fraction of sp³-hybridized carbons (Fsp3) is 0.500. The van der Waals surface area contributed by atoms with E-state index in [9.17, 15) is 9.59 Å². The van der Waals surface area contributed by atoms with Gasteiger partial charge in [0, 0.05) is 18.2 Å². The van der Waals surface area contributed by atoms with Crippen LogP contribution in [-0.2, 0) is 4.79 Å². The molecule has 0 saturated heterocycles. The van der Waals surface area contributed by atoms with E-state index in [1.807, 2.05) is 18.2 Å². The second-order valence-electron chi connectivity index (χ2n) is 5.41. The van der Waals surface area contributed by atoms with Crippen LogP contribution in [-0.4, -0.2) is 35.8 Å². The largest absolute Gasteiger partial charge is 0.351 e. The van der Waals surface area contributed by atoms with Gasteiger partial charge in [-0.25, -0.2) is 0 Å². The summed E-state index contributed by atoms with van der Waals surface area (Å²) in [6.45, 7) is 4.64. The molecule has 5 heteroatoms. The molecule has 0 bridgehead atoms. The van der Waals surface area contributed by atoms with Crippen molar-refractivity contribution in [3.05, 3.63) is 35.9 Å². The zero-order valence-corrected chi connectivity index (χ0v) is 13.5. The molecular formula is C16H24N2O2S. The van der Waals surface area contributed by atoms with Crippen molar-refractivity contribution in [3.63, 3.8) is 0 Å². The number of nitrogens with two attached hydrogens (primary N) is 1. The summed E-state index contributed by atoms with van der Waals surface area (Å²) in [6, 6.07) is 9.14. The van der Waals surface area contributed by atoms with Crippen LogP contribution in [0.4, 0.5) is 0 Å². The number of hydrogen-bond acceptors (Lipinski definition) is 4. The predicted octanol–water partition coefficient (Wildman–Crippen LogP) is 2.09. The number of Topliss-reactive ketones (excluding diaryl/α,β-unsaturated/α-hetero) is 1. The quantitative estimate of drug-likeness (QED) is 0.685. The van der Waals surface area contributed by atoms with Crippen molar-refractivity contribution in [2.24, 2.45) is 11.7 Å². The monoisotopic (exact) mass is 308 g/mol. The molecule has 116 valence electrons. The predicted molar refractivity (Wildman–Crippen MR) is 88.5 cm³/mol. The molecule has 1 aromatic carbocycles. The first-order valence-corrected chi connectivity index (χ1v) is 8.33. The Morgan fingerprint density at radius 1 is 1.19 bits per heavy atom. The van der Waals surface area contributed by atoms with Crippen LogP contribution in [0.2, 0.25) is 0 Å². The number of benzene rings is 1. The van der Waals surface area contributed by atoms with Crippen LogP contribution in [0.3, 0.4) is 0 Å². The maximum absolute atomic E-state index is 11.9. The average molecular weight is 308 g/mol. The molecule has 0 saturated carbocycles. The number of rotatable bonds is 9. The molecule has 0 fully saturated rings. The van der Waals surface area contributed by atoms with Crippen LogP contribution in [0, 0.1) is 5.92 Å². The maximum atomic E-state index is 11.9. The van der Waals surface area contributed by atoms with Crippen molar-refractivity contribution in [2.45, 2.75) is 26.3 Å². The number of carbonyl (C=O) groups is 2. The molecule has 1 atom stereocenters. The van der Waals surface area contributed by atoms with E-state index in [-0.39, 0.29) is 23.5 Å². The second-order valence-corrected chi connectivity index (χ2v) is 6.40. The highest BCUT2D eigenvalue weighted by atomic mass is 32.2. The van der Waals surface area contributed by atoms with E-state index < -0.39 is 0 Å². The van der Waals surface area contributed by atoms with Gasteiger partial charge >= 0.3 is 0 Å². The smallest absolute Gasteiger partial charge is 0.230 e. The first kappa shape index (κ1) is 17.7. The lowest BCUT2D eigenvalue weighted by atomic mass is 10.0. The van der Waals surface area contributed by atoms with Gasteiger partial charge in [0.2, 0.25) is 5.91 Å². The Hall–Kier alpha value is -1.33. The summed E-state index contributed by atoms with van der Waals surface area (Å²) < 4.78 is 0. The fourth-order valence-corrected chi connectivity index (χ4v) is 2.72. The van der Waals surface area contributed by atoms with Crippen molar-refractivity contribution in [1.29, 1.82) is 0 Å². The highest BCUT2D eigenvalue weighted by Gasteiger charge is 2.13. The first-order valence-electron chi connectivity index (χ1n) is 7.18. The molecule has 0 heterocycles. The van der Waals surface area contributed by atoms with Crippen LogP contribution in [0.5, 0.6) is 0 Å². The molecule has 21 heavy (non-hydrogen) atoms. The Kier molecular flexibility index (Phi) is 8.08. The van der Waals surface area contributed by atoms with E-state index in [1.54, 1.807) is 12.1 Å². The van der Waals surface area contributed by atoms with Gasteiger partial charge in [0.25, 0.3) is 0 Å². The van der Waals surface area contributed by atoms with Crippen LogP contribution in [0.15, 0.2) is 30.3 Å². The van der Waals surface area contributed by atoms with E-state index in [4.69, 9.17) is 5.73 Å². The van der Waals surface area contributed by atoms with Gasteiger partial charge in [-0.05, 0) is 12.3 Å². The number of hydrogen-bond donors (Lipinski definition) is 2. The van der Waals surface area contributed by atoms with Crippen molar-refractivity contribution < 1.29 is 9.59 Å². The Balaban J connectivity index is 2.28. The molecule has 3 N–H and O–H groups in total. The van der Waals surface area contributed by atoms with Crippen LogP contribution < -0.4 is 11.1 Å². The molecule has 0 aliphatic carbocycles. The number of ketones is 1. The van der Waals surface area contributed by atoms with E-state index in [0.29, 0.717) is 23.8 Å². The molecule has 1 aromatic rings. The van der Waals surface area contributed by atoms with E-state index in [0.717, 1.165) is 6.42 Å².